The Hall–Kier alpha value is -1.37. The van der Waals surface area contributed by atoms with E-state index in [9.17, 15) is 0 Å². The predicted octanol–water partition coefficient (Wildman–Crippen LogP) is 2.18. The normalized spacial score (nSPS) is 12.0. The molecule has 1 atom stereocenters. The van der Waals surface area contributed by atoms with Crippen LogP contribution in [0, 0.1) is 11.3 Å². The van der Waals surface area contributed by atoms with Gasteiger partial charge >= 0.3 is 0 Å². The van der Waals surface area contributed by atoms with Gasteiger partial charge in [-0.2, -0.15) is 10.7 Å². The Morgan fingerprint density at radius 1 is 1.43 bits per heavy atom. The molecule has 14 heavy (non-hydrogen) atoms. The van der Waals surface area contributed by atoms with Crippen LogP contribution in [0.3, 0.4) is 0 Å². The summed E-state index contributed by atoms with van der Waals surface area (Å²) in [6, 6.07) is 11.9. The van der Waals surface area contributed by atoms with Crippen molar-refractivity contribution in [3.8, 4) is 6.07 Å². The van der Waals surface area contributed by atoms with Crippen molar-refractivity contribution in [3.63, 3.8) is 0 Å². The minimum absolute atomic E-state index is 0.0406. The van der Waals surface area contributed by atoms with Crippen molar-refractivity contribution in [2.24, 2.45) is 0 Å². The fraction of sp³-hybridized carbons (Fsp3) is 0.364. The highest BCUT2D eigenvalue weighted by atomic mass is 16.6. The molecule has 0 bridgehead atoms. The van der Waals surface area contributed by atoms with Gasteiger partial charge in [0.15, 0.2) is 0 Å². The van der Waals surface area contributed by atoms with E-state index < -0.39 is 0 Å². The van der Waals surface area contributed by atoms with E-state index in [1.54, 1.807) is 0 Å². The van der Waals surface area contributed by atoms with Gasteiger partial charge in [-0.15, -0.1) is 0 Å². The van der Waals surface area contributed by atoms with Gasteiger partial charge in [-0.05, 0) is 12.5 Å². The van der Waals surface area contributed by atoms with Gasteiger partial charge < -0.3 is 4.84 Å². The van der Waals surface area contributed by atoms with Crippen LogP contribution in [0.15, 0.2) is 30.3 Å². The molecule has 0 aliphatic heterocycles. The van der Waals surface area contributed by atoms with E-state index in [1.165, 1.54) is 0 Å². The molecule has 0 saturated heterocycles. The third kappa shape index (κ3) is 3.17. The van der Waals surface area contributed by atoms with Crippen molar-refractivity contribution in [3.05, 3.63) is 35.9 Å². The number of hydroxylamine groups is 1. The molecular formula is C11H14N2O. The van der Waals surface area contributed by atoms with E-state index in [2.05, 4.69) is 11.5 Å². The lowest BCUT2D eigenvalue weighted by molar-refractivity contribution is 0.0251. The molecule has 74 valence electrons. The topological polar surface area (TPSA) is 45.0 Å². The average Bonchev–Trinajstić information content (AvgIpc) is 2.25. The lowest BCUT2D eigenvalue weighted by Crippen LogP contribution is -2.21. The van der Waals surface area contributed by atoms with E-state index in [1.807, 2.05) is 37.3 Å². The van der Waals surface area contributed by atoms with Crippen molar-refractivity contribution < 1.29 is 4.84 Å². The molecule has 1 N–H and O–H groups in total. The Bertz CT molecular complexity index is 292. The van der Waals surface area contributed by atoms with Gasteiger partial charge in [-0.3, -0.25) is 0 Å². The first-order valence-corrected chi connectivity index (χ1v) is 4.67. The summed E-state index contributed by atoms with van der Waals surface area (Å²) >= 11 is 0. The third-order valence-corrected chi connectivity index (χ3v) is 1.87. The maximum absolute atomic E-state index is 8.65. The van der Waals surface area contributed by atoms with Crippen molar-refractivity contribution >= 4 is 0 Å². The Morgan fingerprint density at radius 2 is 2.14 bits per heavy atom. The maximum atomic E-state index is 8.65. The smallest absolute Gasteiger partial charge is 0.0701 e. The molecule has 3 heteroatoms. The van der Waals surface area contributed by atoms with Crippen LogP contribution in [0.1, 0.15) is 24.9 Å². The molecule has 0 fully saturated rings. The second-order valence-electron chi connectivity index (χ2n) is 2.88. The largest absolute Gasteiger partial charge is 0.301 e. The quantitative estimate of drug-likeness (QED) is 0.724. The first kappa shape index (κ1) is 10.7. The molecule has 0 saturated carbocycles. The lowest BCUT2D eigenvalue weighted by Gasteiger charge is -2.14. The number of nitrogens with zero attached hydrogens (tertiary/aromatic N) is 1. The number of hydrogen-bond acceptors (Lipinski definition) is 3. The molecule has 0 aliphatic carbocycles. The van der Waals surface area contributed by atoms with Crippen LogP contribution in [0.4, 0.5) is 0 Å². The molecule has 0 heterocycles. The van der Waals surface area contributed by atoms with E-state index in [-0.39, 0.29) is 6.04 Å². The Labute approximate surface area is 84.3 Å². The average molecular weight is 190 g/mol. The minimum Gasteiger partial charge on any atom is -0.301 e. The van der Waals surface area contributed by atoms with Gasteiger partial charge in [0, 0.05) is 0 Å². The standard InChI is InChI=1S/C11H14N2O/c1-2-14-13-11(8-9-12)10-6-4-3-5-7-10/h3-7,11,13H,2,8H2,1H3. The van der Waals surface area contributed by atoms with Crippen LogP contribution in [-0.2, 0) is 4.84 Å². The summed E-state index contributed by atoms with van der Waals surface area (Å²) in [6.45, 7) is 2.50. The summed E-state index contributed by atoms with van der Waals surface area (Å²) in [5.41, 5.74) is 3.94. The summed E-state index contributed by atoms with van der Waals surface area (Å²) in [4.78, 5) is 5.10. The Morgan fingerprint density at radius 3 is 2.71 bits per heavy atom. The van der Waals surface area contributed by atoms with Gasteiger partial charge in [-0.1, -0.05) is 30.3 Å². The summed E-state index contributed by atoms with van der Waals surface area (Å²) in [5, 5.41) is 8.65. The second-order valence-corrected chi connectivity index (χ2v) is 2.88. The summed E-state index contributed by atoms with van der Waals surface area (Å²) in [5.74, 6) is 0. The number of benzene rings is 1. The fourth-order valence-corrected chi connectivity index (χ4v) is 1.19. The molecule has 0 aliphatic rings. The monoisotopic (exact) mass is 190 g/mol. The van der Waals surface area contributed by atoms with Gasteiger partial charge in [0.05, 0.1) is 25.1 Å². The molecule has 0 radical (unpaired) electrons. The van der Waals surface area contributed by atoms with Gasteiger partial charge in [-0.25, -0.2) is 0 Å². The number of rotatable bonds is 5. The number of hydrogen-bond donors (Lipinski definition) is 1. The SMILES string of the molecule is CCONC(CC#N)c1ccccc1. The van der Waals surface area contributed by atoms with Crippen molar-refractivity contribution in [2.45, 2.75) is 19.4 Å². The molecule has 0 aromatic heterocycles. The van der Waals surface area contributed by atoms with Crippen LogP contribution in [0.25, 0.3) is 0 Å². The summed E-state index contributed by atoms with van der Waals surface area (Å²) in [7, 11) is 0. The highest BCUT2D eigenvalue weighted by Gasteiger charge is 2.09. The van der Waals surface area contributed by atoms with Gasteiger partial charge in [0.2, 0.25) is 0 Å². The zero-order valence-corrected chi connectivity index (χ0v) is 8.23. The molecule has 3 nitrogen and oxygen atoms in total. The van der Waals surface area contributed by atoms with E-state index in [0.717, 1.165) is 5.56 Å². The summed E-state index contributed by atoms with van der Waals surface area (Å²) < 4.78 is 0. The van der Waals surface area contributed by atoms with Crippen LogP contribution in [0.5, 0.6) is 0 Å². The van der Waals surface area contributed by atoms with E-state index in [0.29, 0.717) is 13.0 Å². The zero-order valence-electron chi connectivity index (χ0n) is 8.23. The minimum atomic E-state index is -0.0406. The Balaban J connectivity index is 2.63. The predicted molar refractivity (Wildman–Crippen MR) is 54.2 cm³/mol. The molecule has 0 amide bonds. The highest BCUT2D eigenvalue weighted by molar-refractivity contribution is 5.19. The van der Waals surface area contributed by atoms with Crippen LogP contribution >= 0.6 is 0 Å². The molecule has 1 aromatic carbocycles. The summed E-state index contributed by atoms with van der Waals surface area (Å²) in [6.07, 6.45) is 0.407. The maximum Gasteiger partial charge on any atom is 0.0701 e. The van der Waals surface area contributed by atoms with E-state index >= 15 is 0 Å². The zero-order chi connectivity index (χ0) is 10.2. The first-order valence-electron chi connectivity index (χ1n) is 4.67. The number of nitrogens with one attached hydrogen (secondary N) is 1. The highest BCUT2D eigenvalue weighted by Crippen LogP contribution is 2.15. The van der Waals surface area contributed by atoms with Crippen LogP contribution in [0.2, 0.25) is 0 Å². The van der Waals surface area contributed by atoms with Gasteiger partial charge in [0.25, 0.3) is 0 Å². The first-order chi connectivity index (χ1) is 6.88. The third-order valence-electron chi connectivity index (χ3n) is 1.87. The van der Waals surface area contributed by atoms with Crippen molar-refractivity contribution in [1.82, 2.24) is 5.48 Å². The molecular weight excluding hydrogens is 176 g/mol. The van der Waals surface area contributed by atoms with Gasteiger partial charge in [0.1, 0.15) is 0 Å². The van der Waals surface area contributed by atoms with Crippen LogP contribution in [-0.4, -0.2) is 6.61 Å². The molecule has 1 aromatic rings. The van der Waals surface area contributed by atoms with Crippen LogP contribution < -0.4 is 5.48 Å². The number of nitriles is 1. The van der Waals surface area contributed by atoms with Crippen molar-refractivity contribution in [2.75, 3.05) is 6.61 Å². The second kappa shape index (κ2) is 6.14. The van der Waals surface area contributed by atoms with E-state index in [4.69, 9.17) is 10.1 Å². The lowest BCUT2D eigenvalue weighted by atomic mass is 10.1. The molecule has 1 rings (SSSR count). The molecule has 0 spiro atoms. The fourth-order valence-electron chi connectivity index (χ4n) is 1.19. The Kier molecular flexibility index (Phi) is 4.70. The van der Waals surface area contributed by atoms with Crippen molar-refractivity contribution in [1.29, 1.82) is 5.26 Å². The molecule has 1 unspecified atom stereocenters.